The van der Waals surface area contributed by atoms with Gasteiger partial charge in [-0.15, -0.1) is 0 Å². The highest BCUT2D eigenvalue weighted by Gasteiger charge is 2.16. The van der Waals surface area contributed by atoms with Gasteiger partial charge in [0.05, 0.1) is 26.6 Å². The number of carbonyl (C=O) groups is 1. The lowest BCUT2D eigenvalue weighted by Crippen LogP contribution is -2.19. The number of benzene rings is 3. The molecule has 10 nitrogen and oxygen atoms in total. The number of sulfonamides is 2. The molecule has 0 atom stereocenters. The van der Waals surface area contributed by atoms with Crippen molar-refractivity contribution in [1.29, 1.82) is 0 Å². The van der Waals surface area contributed by atoms with Crippen molar-refractivity contribution in [3.63, 3.8) is 0 Å². The molecule has 0 fully saturated rings. The van der Waals surface area contributed by atoms with Crippen LogP contribution in [0.4, 0.5) is 10.1 Å². The zero-order chi connectivity index (χ0) is 26.8. The number of ether oxygens (including phenoxy) is 1. The fourth-order valence-electron chi connectivity index (χ4n) is 3.37. The monoisotopic (exact) mass is 564 g/mol. The molecule has 14 heteroatoms. The Morgan fingerprint density at radius 2 is 1.68 bits per heavy atom. The number of nitrogens with two attached hydrogens (primary N) is 1. The standard InChI is InChI=1S/C23H21FN4O6S3/c1-34-13-12-28-20-11-10-19(36(25,30)31)14-21(20)35-23(28)26-22(29)15-2-6-17(7-3-15)27-37(32,33)18-8-4-16(24)5-9-18/h2-11,14,27H,12-13H2,1H3,(H2,25,30,31). The normalized spacial score (nSPS) is 12.7. The zero-order valence-electron chi connectivity index (χ0n) is 19.3. The summed E-state index contributed by atoms with van der Waals surface area (Å²) in [6.45, 7) is 0.689. The van der Waals surface area contributed by atoms with E-state index in [1.165, 1.54) is 43.5 Å². The molecule has 1 amide bonds. The number of amides is 1. The van der Waals surface area contributed by atoms with Gasteiger partial charge in [-0.1, -0.05) is 11.3 Å². The Morgan fingerprint density at radius 3 is 2.30 bits per heavy atom. The predicted molar refractivity (Wildman–Crippen MR) is 137 cm³/mol. The zero-order valence-corrected chi connectivity index (χ0v) is 21.7. The lowest BCUT2D eigenvalue weighted by atomic mass is 10.2. The number of primary sulfonamides is 1. The minimum atomic E-state index is -3.95. The van der Waals surface area contributed by atoms with E-state index in [-0.39, 0.29) is 21.0 Å². The van der Waals surface area contributed by atoms with E-state index in [2.05, 4.69) is 9.71 Å². The first-order chi connectivity index (χ1) is 17.5. The number of anilines is 1. The van der Waals surface area contributed by atoms with E-state index in [9.17, 15) is 26.0 Å². The van der Waals surface area contributed by atoms with Crippen molar-refractivity contribution in [1.82, 2.24) is 4.57 Å². The van der Waals surface area contributed by atoms with Gasteiger partial charge in [-0.25, -0.2) is 26.4 Å². The number of nitrogens with one attached hydrogen (secondary N) is 1. The van der Waals surface area contributed by atoms with Gasteiger partial charge in [0.2, 0.25) is 10.0 Å². The van der Waals surface area contributed by atoms with Gasteiger partial charge in [0, 0.05) is 24.9 Å². The van der Waals surface area contributed by atoms with E-state index in [0.717, 1.165) is 35.6 Å². The van der Waals surface area contributed by atoms with Gasteiger partial charge in [-0.3, -0.25) is 9.52 Å². The van der Waals surface area contributed by atoms with Gasteiger partial charge in [0.1, 0.15) is 5.82 Å². The van der Waals surface area contributed by atoms with E-state index in [4.69, 9.17) is 9.88 Å². The number of carbonyl (C=O) groups excluding carboxylic acids is 1. The van der Waals surface area contributed by atoms with Crippen LogP contribution in [-0.4, -0.2) is 41.0 Å². The van der Waals surface area contributed by atoms with Crippen LogP contribution in [0.3, 0.4) is 0 Å². The minimum absolute atomic E-state index is 0.0586. The van der Waals surface area contributed by atoms with Crippen molar-refractivity contribution >= 4 is 53.2 Å². The highest BCUT2D eigenvalue weighted by atomic mass is 32.2. The first-order valence-corrected chi connectivity index (χ1v) is 14.5. The molecule has 4 aromatic rings. The summed E-state index contributed by atoms with van der Waals surface area (Å²) in [5.74, 6) is -1.14. The second-order valence-corrected chi connectivity index (χ2v) is 12.0. The molecule has 0 spiro atoms. The number of methoxy groups -OCH3 is 1. The number of hydrogen-bond donors (Lipinski definition) is 2. The van der Waals surface area contributed by atoms with Crippen molar-refractivity contribution in [3.8, 4) is 0 Å². The second-order valence-electron chi connectivity index (χ2n) is 7.76. The van der Waals surface area contributed by atoms with Crippen molar-refractivity contribution in [2.24, 2.45) is 10.1 Å². The summed E-state index contributed by atoms with van der Waals surface area (Å²) >= 11 is 1.12. The number of nitrogens with zero attached hydrogens (tertiary/aromatic N) is 2. The Balaban J connectivity index is 1.63. The van der Waals surface area contributed by atoms with Gasteiger partial charge < -0.3 is 9.30 Å². The molecule has 0 aliphatic rings. The third-order valence-corrected chi connectivity index (χ3v) is 8.56. The topological polar surface area (TPSA) is 150 Å². The molecule has 0 aliphatic heterocycles. The van der Waals surface area contributed by atoms with E-state index >= 15 is 0 Å². The molecule has 0 radical (unpaired) electrons. The first kappa shape index (κ1) is 26.6. The summed E-state index contributed by atoms with van der Waals surface area (Å²) in [5, 5.41) is 5.23. The van der Waals surface area contributed by atoms with Gasteiger partial charge in [0.25, 0.3) is 15.9 Å². The third kappa shape index (κ3) is 6.11. The quantitative estimate of drug-likeness (QED) is 0.336. The number of rotatable bonds is 8. The Labute approximate surface area is 216 Å². The second kappa shape index (κ2) is 10.5. The molecule has 0 unspecified atom stereocenters. The van der Waals surface area contributed by atoms with Crippen LogP contribution in [0, 0.1) is 5.82 Å². The van der Waals surface area contributed by atoms with Gasteiger partial charge in [-0.05, 0) is 66.7 Å². The molecule has 37 heavy (non-hydrogen) atoms. The molecule has 194 valence electrons. The molecule has 0 aliphatic carbocycles. The van der Waals surface area contributed by atoms with Crippen LogP contribution in [0.15, 0.2) is 81.5 Å². The summed E-state index contributed by atoms with van der Waals surface area (Å²) in [7, 11) is -6.32. The number of halogens is 1. The summed E-state index contributed by atoms with van der Waals surface area (Å²) in [4.78, 5) is 17.3. The molecule has 3 aromatic carbocycles. The Morgan fingerprint density at radius 1 is 1.03 bits per heavy atom. The van der Waals surface area contributed by atoms with Crippen LogP contribution < -0.4 is 14.7 Å². The number of hydrogen-bond acceptors (Lipinski definition) is 7. The summed E-state index contributed by atoms with van der Waals surface area (Å²) in [5.41, 5.74) is 1.06. The lowest BCUT2D eigenvalue weighted by Gasteiger charge is -2.08. The predicted octanol–water partition coefficient (Wildman–Crippen LogP) is 2.68. The van der Waals surface area contributed by atoms with Crippen LogP contribution in [-0.2, 0) is 31.3 Å². The molecule has 0 bridgehead atoms. The van der Waals surface area contributed by atoms with Gasteiger partial charge in [-0.2, -0.15) is 4.99 Å². The number of fused-ring (bicyclic) bond motifs is 1. The first-order valence-electron chi connectivity index (χ1n) is 10.6. The van der Waals surface area contributed by atoms with Crippen LogP contribution in [0.25, 0.3) is 10.2 Å². The number of thiazole rings is 1. The molecule has 1 heterocycles. The smallest absolute Gasteiger partial charge is 0.279 e. The summed E-state index contributed by atoms with van der Waals surface area (Å²) < 4.78 is 71.4. The molecule has 0 saturated heterocycles. The maximum atomic E-state index is 13.1. The summed E-state index contributed by atoms with van der Waals surface area (Å²) in [6, 6.07) is 14.4. The molecule has 1 aromatic heterocycles. The summed E-state index contributed by atoms with van der Waals surface area (Å²) in [6.07, 6.45) is 0. The minimum Gasteiger partial charge on any atom is -0.383 e. The van der Waals surface area contributed by atoms with Crippen LogP contribution >= 0.6 is 11.3 Å². The van der Waals surface area contributed by atoms with Crippen LogP contribution in [0.2, 0.25) is 0 Å². The van der Waals surface area contributed by atoms with E-state index < -0.39 is 31.8 Å². The fourth-order valence-corrected chi connectivity index (χ4v) is 6.14. The maximum absolute atomic E-state index is 13.1. The number of aromatic nitrogens is 1. The van der Waals surface area contributed by atoms with Crippen molar-refractivity contribution in [2.45, 2.75) is 16.3 Å². The molecular formula is C23H21FN4O6S3. The molecule has 4 rings (SSSR count). The Hall–Kier alpha value is -3.43. The van der Waals surface area contributed by atoms with Crippen molar-refractivity contribution in [2.75, 3.05) is 18.4 Å². The van der Waals surface area contributed by atoms with E-state index in [1.54, 1.807) is 10.6 Å². The van der Waals surface area contributed by atoms with Crippen molar-refractivity contribution < 1.29 is 30.8 Å². The average Bonchev–Trinajstić information content (AvgIpc) is 3.18. The lowest BCUT2D eigenvalue weighted by molar-refractivity contribution is 0.0997. The van der Waals surface area contributed by atoms with Crippen LogP contribution in [0.5, 0.6) is 0 Å². The fraction of sp³-hybridized carbons (Fsp3) is 0.130. The average molecular weight is 565 g/mol. The van der Waals surface area contributed by atoms with Gasteiger partial charge in [0.15, 0.2) is 4.80 Å². The highest BCUT2D eigenvalue weighted by Crippen LogP contribution is 2.22. The molecule has 0 saturated carbocycles. The molecule has 3 N–H and O–H groups in total. The highest BCUT2D eigenvalue weighted by molar-refractivity contribution is 7.92. The third-order valence-electron chi connectivity index (χ3n) is 5.21. The van der Waals surface area contributed by atoms with Crippen LogP contribution in [0.1, 0.15) is 10.4 Å². The van der Waals surface area contributed by atoms with E-state index in [1.807, 2.05) is 0 Å². The SMILES string of the molecule is COCCn1c(=NC(=O)c2ccc(NS(=O)(=O)c3ccc(F)cc3)cc2)sc2cc(S(N)(=O)=O)ccc21. The Kier molecular flexibility index (Phi) is 7.57. The largest absolute Gasteiger partial charge is 0.383 e. The molecular weight excluding hydrogens is 543 g/mol. The van der Waals surface area contributed by atoms with E-state index in [0.29, 0.717) is 28.2 Å². The van der Waals surface area contributed by atoms with Gasteiger partial charge >= 0.3 is 0 Å². The maximum Gasteiger partial charge on any atom is 0.279 e. The van der Waals surface area contributed by atoms with Crippen molar-refractivity contribution in [3.05, 3.63) is 82.9 Å². The Bertz CT molecular complexity index is 1750.